The number of aliphatic hydroxyl groups is 1. The van der Waals surface area contributed by atoms with Crippen LogP contribution in [0.15, 0.2) is 23.1 Å². The first-order valence-corrected chi connectivity index (χ1v) is 8.19. The number of nitrogens with two attached hydrogens (primary N) is 2. The van der Waals surface area contributed by atoms with Crippen LogP contribution in [0.25, 0.3) is 0 Å². The van der Waals surface area contributed by atoms with Gasteiger partial charge in [-0.05, 0) is 31.0 Å². The molecule has 0 fully saturated rings. The van der Waals surface area contributed by atoms with Gasteiger partial charge >= 0.3 is 0 Å². The van der Waals surface area contributed by atoms with Gasteiger partial charge in [-0.3, -0.25) is 0 Å². The summed E-state index contributed by atoms with van der Waals surface area (Å²) < 4.78 is 22.9. The highest BCUT2D eigenvalue weighted by molar-refractivity contribution is 7.89. The number of nitrogen functional groups attached to an aromatic ring is 1. The smallest absolute Gasteiger partial charge is 0.238 e. The maximum absolute atomic E-state index is 11.5. The molecule has 0 bridgehead atoms. The third kappa shape index (κ3) is 3.84. The molecule has 0 aromatic heterocycles. The first-order valence-electron chi connectivity index (χ1n) is 6.64. The van der Waals surface area contributed by atoms with Crippen LogP contribution in [0.3, 0.4) is 0 Å². The van der Waals surface area contributed by atoms with Crippen molar-refractivity contribution in [1.29, 1.82) is 0 Å². The fourth-order valence-electron chi connectivity index (χ4n) is 2.29. The van der Waals surface area contributed by atoms with E-state index in [9.17, 15) is 13.5 Å². The summed E-state index contributed by atoms with van der Waals surface area (Å²) in [5.74, 6) is 0. The second-order valence-corrected chi connectivity index (χ2v) is 6.21. The number of anilines is 2. The molecular weight excluding hydrogens is 278 g/mol. The van der Waals surface area contributed by atoms with E-state index in [0.29, 0.717) is 17.9 Å². The first kappa shape index (κ1) is 16.7. The molecule has 0 aliphatic heterocycles. The third-order valence-corrected chi connectivity index (χ3v) is 4.28. The lowest BCUT2D eigenvalue weighted by molar-refractivity contribution is 0.296. The van der Waals surface area contributed by atoms with Crippen LogP contribution in [0.4, 0.5) is 11.4 Å². The molecule has 0 aliphatic carbocycles. The Morgan fingerprint density at radius 1 is 1.30 bits per heavy atom. The number of sulfonamides is 1. The second-order valence-electron chi connectivity index (χ2n) is 4.65. The van der Waals surface area contributed by atoms with Crippen LogP contribution in [0.5, 0.6) is 0 Å². The maximum atomic E-state index is 11.5. The van der Waals surface area contributed by atoms with E-state index in [-0.39, 0.29) is 17.5 Å². The van der Waals surface area contributed by atoms with E-state index in [2.05, 4.69) is 0 Å². The van der Waals surface area contributed by atoms with Crippen molar-refractivity contribution in [3.63, 3.8) is 0 Å². The van der Waals surface area contributed by atoms with Crippen LogP contribution in [0, 0.1) is 0 Å². The minimum absolute atomic E-state index is 0.0237. The van der Waals surface area contributed by atoms with E-state index in [1.165, 1.54) is 18.2 Å². The summed E-state index contributed by atoms with van der Waals surface area (Å²) in [4.78, 5) is 1.96. The van der Waals surface area contributed by atoms with Gasteiger partial charge < -0.3 is 15.7 Å². The Bertz CT molecular complexity index is 542. The lowest BCUT2D eigenvalue weighted by Crippen LogP contribution is -2.37. The third-order valence-electron chi connectivity index (χ3n) is 3.36. The fourth-order valence-corrected chi connectivity index (χ4v) is 2.82. The van der Waals surface area contributed by atoms with Crippen molar-refractivity contribution in [3.8, 4) is 0 Å². The number of nitrogens with zero attached hydrogens (tertiary/aromatic N) is 1. The molecule has 0 unspecified atom stereocenters. The van der Waals surface area contributed by atoms with E-state index in [1.54, 1.807) is 0 Å². The lowest BCUT2D eigenvalue weighted by Gasteiger charge is -2.33. The highest BCUT2D eigenvalue weighted by Crippen LogP contribution is 2.29. The van der Waals surface area contributed by atoms with Crippen molar-refractivity contribution in [2.45, 2.75) is 37.6 Å². The molecule has 0 atom stereocenters. The Labute approximate surface area is 120 Å². The van der Waals surface area contributed by atoms with E-state index >= 15 is 0 Å². The number of hydrogen-bond acceptors (Lipinski definition) is 5. The topological polar surface area (TPSA) is 110 Å². The molecule has 6 nitrogen and oxygen atoms in total. The standard InChI is InChI=1S/C13H23N3O3S/c1-3-10(4-2)16(7-8-17)13-9-11(20(15,18)19)5-6-12(13)14/h5-6,9-10,17H,3-4,7-8,14H2,1-2H3,(H2,15,18,19). The summed E-state index contributed by atoms with van der Waals surface area (Å²) in [6.45, 7) is 4.44. The number of benzene rings is 1. The molecule has 0 amide bonds. The monoisotopic (exact) mass is 301 g/mol. The molecule has 1 rings (SSSR count). The van der Waals surface area contributed by atoms with Crippen LogP contribution >= 0.6 is 0 Å². The Balaban J connectivity index is 3.31. The molecule has 1 aromatic rings. The molecule has 20 heavy (non-hydrogen) atoms. The minimum atomic E-state index is -3.77. The number of hydrogen-bond donors (Lipinski definition) is 3. The Morgan fingerprint density at radius 2 is 1.90 bits per heavy atom. The molecule has 7 heteroatoms. The van der Waals surface area contributed by atoms with Gasteiger partial charge in [-0.15, -0.1) is 0 Å². The molecule has 114 valence electrons. The van der Waals surface area contributed by atoms with Gasteiger partial charge in [-0.2, -0.15) is 0 Å². The van der Waals surface area contributed by atoms with Gasteiger partial charge in [0.2, 0.25) is 10.0 Å². The Morgan fingerprint density at radius 3 is 2.35 bits per heavy atom. The predicted octanol–water partition coefficient (Wildman–Crippen LogP) is 0.904. The summed E-state index contributed by atoms with van der Waals surface area (Å²) in [7, 11) is -3.77. The maximum Gasteiger partial charge on any atom is 0.238 e. The molecular formula is C13H23N3O3S. The summed E-state index contributed by atoms with van der Waals surface area (Å²) in [5, 5.41) is 14.4. The largest absolute Gasteiger partial charge is 0.397 e. The van der Waals surface area contributed by atoms with Crippen LogP contribution in [0.2, 0.25) is 0 Å². The first-order chi connectivity index (χ1) is 9.35. The Hall–Kier alpha value is -1.31. The normalized spacial score (nSPS) is 11.8. The van der Waals surface area contributed by atoms with Crippen molar-refractivity contribution in [2.24, 2.45) is 5.14 Å². The quantitative estimate of drug-likeness (QED) is 0.648. The van der Waals surface area contributed by atoms with Crippen LogP contribution < -0.4 is 15.8 Å². The molecule has 0 aliphatic rings. The van der Waals surface area contributed by atoms with Gasteiger partial charge in [-0.1, -0.05) is 13.8 Å². The van der Waals surface area contributed by atoms with Gasteiger partial charge in [0.15, 0.2) is 0 Å². The summed E-state index contributed by atoms with van der Waals surface area (Å²) in [5.41, 5.74) is 7.02. The zero-order valence-electron chi connectivity index (χ0n) is 11.9. The van der Waals surface area contributed by atoms with Crippen molar-refractivity contribution >= 4 is 21.4 Å². The number of rotatable bonds is 7. The fraction of sp³-hybridized carbons (Fsp3) is 0.538. The second kappa shape index (κ2) is 6.92. The zero-order chi connectivity index (χ0) is 15.3. The van der Waals surface area contributed by atoms with Gasteiger partial charge in [0, 0.05) is 12.6 Å². The average Bonchev–Trinajstić information content (AvgIpc) is 2.38. The summed E-state index contributed by atoms with van der Waals surface area (Å²) in [6.07, 6.45) is 1.74. The summed E-state index contributed by atoms with van der Waals surface area (Å²) >= 11 is 0. The van der Waals surface area contributed by atoms with Gasteiger partial charge in [0.05, 0.1) is 22.9 Å². The lowest BCUT2D eigenvalue weighted by atomic mass is 10.1. The summed E-state index contributed by atoms with van der Waals surface area (Å²) in [6, 6.07) is 4.57. The molecule has 1 aromatic carbocycles. The van der Waals surface area contributed by atoms with Crippen molar-refractivity contribution < 1.29 is 13.5 Å². The molecule has 0 saturated heterocycles. The van der Waals surface area contributed by atoms with Gasteiger partial charge in [-0.25, -0.2) is 13.6 Å². The zero-order valence-corrected chi connectivity index (χ0v) is 12.7. The van der Waals surface area contributed by atoms with E-state index < -0.39 is 10.0 Å². The SMILES string of the molecule is CCC(CC)N(CCO)c1cc(S(N)(=O)=O)ccc1N. The van der Waals surface area contributed by atoms with Gasteiger partial charge in [0.1, 0.15) is 0 Å². The number of aliphatic hydroxyl groups excluding tert-OH is 1. The van der Waals surface area contributed by atoms with Crippen LogP contribution in [-0.4, -0.2) is 32.7 Å². The number of primary sulfonamides is 1. The Kier molecular flexibility index (Phi) is 5.79. The minimum Gasteiger partial charge on any atom is -0.397 e. The van der Waals surface area contributed by atoms with Crippen molar-refractivity contribution in [3.05, 3.63) is 18.2 Å². The van der Waals surface area contributed by atoms with Gasteiger partial charge in [0.25, 0.3) is 0 Å². The van der Waals surface area contributed by atoms with E-state index in [0.717, 1.165) is 12.8 Å². The average molecular weight is 301 g/mol. The predicted molar refractivity (Wildman–Crippen MR) is 81.0 cm³/mol. The molecule has 5 N–H and O–H groups in total. The highest BCUT2D eigenvalue weighted by Gasteiger charge is 2.19. The van der Waals surface area contributed by atoms with E-state index in [4.69, 9.17) is 10.9 Å². The molecule has 0 heterocycles. The molecule has 0 spiro atoms. The molecule has 0 radical (unpaired) electrons. The van der Waals surface area contributed by atoms with Crippen molar-refractivity contribution in [1.82, 2.24) is 0 Å². The molecule has 0 saturated carbocycles. The van der Waals surface area contributed by atoms with Crippen LogP contribution in [0.1, 0.15) is 26.7 Å². The van der Waals surface area contributed by atoms with Crippen molar-refractivity contribution in [2.75, 3.05) is 23.8 Å². The van der Waals surface area contributed by atoms with E-state index in [1.807, 2.05) is 18.7 Å². The highest BCUT2D eigenvalue weighted by atomic mass is 32.2. The van der Waals surface area contributed by atoms with Crippen LogP contribution in [-0.2, 0) is 10.0 Å².